The lowest BCUT2D eigenvalue weighted by molar-refractivity contribution is -0.1000. The molecule has 0 bridgehead atoms. The molecule has 1 aromatic rings. The number of nitrogens with zero attached hydrogens (tertiary/aromatic N) is 2. The fraction of sp³-hybridized carbons (Fsp3) is 0.500. The summed E-state index contributed by atoms with van der Waals surface area (Å²) >= 11 is 0. The standard InChI is InChI=1S/C12H19N3O5/c16-7-10(18)12(20)11(19)9(17)6-15-14-5-8-1-3-13-4-2-8/h1-4,6,9-12,14,16-20H,5,7H2/t9-,10+,11+,12+/m0/s1. The summed E-state index contributed by atoms with van der Waals surface area (Å²) in [5, 5.41) is 49.9. The molecule has 0 fully saturated rings. The summed E-state index contributed by atoms with van der Waals surface area (Å²) in [4.78, 5) is 3.86. The maximum atomic E-state index is 9.53. The third-order valence-corrected chi connectivity index (χ3v) is 2.63. The molecule has 1 aromatic heterocycles. The van der Waals surface area contributed by atoms with Gasteiger partial charge < -0.3 is 31.0 Å². The van der Waals surface area contributed by atoms with Gasteiger partial charge in [-0.1, -0.05) is 0 Å². The first kappa shape index (κ1) is 16.5. The molecule has 0 aromatic carbocycles. The topological polar surface area (TPSA) is 138 Å². The zero-order chi connectivity index (χ0) is 15.0. The summed E-state index contributed by atoms with van der Waals surface area (Å²) < 4.78 is 0. The number of hydrogen-bond donors (Lipinski definition) is 6. The minimum Gasteiger partial charge on any atom is -0.394 e. The number of rotatable bonds is 8. The van der Waals surface area contributed by atoms with E-state index >= 15 is 0 Å². The second-order valence-electron chi connectivity index (χ2n) is 4.19. The van der Waals surface area contributed by atoms with Gasteiger partial charge in [0.2, 0.25) is 0 Å². The molecule has 20 heavy (non-hydrogen) atoms. The van der Waals surface area contributed by atoms with Gasteiger partial charge in [0.25, 0.3) is 0 Å². The van der Waals surface area contributed by atoms with Gasteiger partial charge in [-0.2, -0.15) is 5.10 Å². The van der Waals surface area contributed by atoms with Gasteiger partial charge in [0.1, 0.15) is 24.4 Å². The van der Waals surface area contributed by atoms with E-state index in [1.165, 1.54) is 0 Å². The van der Waals surface area contributed by atoms with Gasteiger partial charge in [0.05, 0.1) is 19.4 Å². The number of aromatic nitrogens is 1. The predicted molar refractivity (Wildman–Crippen MR) is 70.7 cm³/mol. The zero-order valence-corrected chi connectivity index (χ0v) is 10.7. The predicted octanol–water partition coefficient (Wildman–Crippen LogP) is -2.41. The number of nitrogens with one attached hydrogen (secondary N) is 1. The van der Waals surface area contributed by atoms with Gasteiger partial charge in [-0.25, -0.2) is 0 Å². The highest BCUT2D eigenvalue weighted by molar-refractivity contribution is 5.63. The molecule has 0 unspecified atom stereocenters. The molecule has 0 amide bonds. The lowest BCUT2D eigenvalue weighted by Crippen LogP contribution is -2.46. The summed E-state index contributed by atoms with van der Waals surface area (Å²) in [6.07, 6.45) is -2.06. The smallest absolute Gasteiger partial charge is 0.119 e. The molecular weight excluding hydrogens is 266 g/mol. The SMILES string of the molecule is OC[C@@H](O)[C@@H](O)[C@H](O)[C@@H](O)C=NNCc1ccncc1. The molecular formula is C12H19N3O5. The third kappa shape index (κ3) is 5.19. The van der Waals surface area contributed by atoms with Crippen LogP contribution in [0.25, 0.3) is 0 Å². The van der Waals surface area contributed by atoms with Gasteiger partial charge in [0.15, 0.2) is 0 Å². The van der Waals surface area contributed by atoms with Crippen LogP contribution >= 0.6 is 0 Å². The van der Waals surface area contributed by atoms with E-state index in [0.29, 0.717) is 6.54 Å². The molecule has 1 rings (SSSR count). The second-order valence-corrected chi connectivity index (χ2v) is 4.19. The average Bonchev–Trinajstić information content (AvgIpc) is 2.50. The highest BCUT2D eigenvalue weighted by Gasteiger charge is 2.28. The van der Waals surface area contributed by atoms with Crippen LogP contribution in [0.4, 0.5) is 0 Å². The molecule has 0 aliphatic rings. The molecule has 0 radical (unpaired) electrons. The largest absolute Gasteiger partial charge is 0.394 e. The Hall–Kier alpha value is -1.58. The number of hydrogen-bond acceptors (Lipinski definition) is 8. The van der Waals surface area contributed by atoms with Crippen molar-refractivity contribution in [2.24, 2.45) is 5.10 Å². The molecule has 0 spiro atoms. The van der Waals surface area contributed by atoms with Crippen LogP contribution in [0.3, 0.4) is 0 Å². The van der Waals surface area contributed by atoms with Gasteiger partial charge in [-0.3, -0.25) is 4.98 Å². The fourth-order valence-electron chi connectivity index (χ4n) is 1.39. The normalized spacial score (nSPS) is 17.6. The maximum Gasteiger partial charge on any atom is 0.119 e. The second kappa shape index (κ2) is 8.56. The van der Waals surface area contributed by atoms with Crippen molar-refractivity contribution in [3.63, 3.8) is 0 Å². The summed E-state index contributed by atoms with van der Waals surface area (Å²) in [6, 6.07) is 3.57. The maximum absolute atomic E-state index is 9.53. The van der Waals surface area contributed by atoms with Crippen LogP contribution in [0.5, 0.6) is 0 Å². The Labute approximate surface area is 116 Å². The Morgan fingerprint density at radius 1 is 1.15 bits per heavy atom. The van der Waals surface area contributed by atoms with Crippen molar-refractivity contribution in [1.29, 1.82) is 0 Å². The molecule has 0 aliphatic heterocycles. The van der Waals surface area contributed by atoms with Gasteiger partial charge in [-0.15, -0.1) is 0 Å². The molecule has 4 atom stereocenters. The van der Waals surface area contributed by atoms with Crippen LogP contribution in [0.15, 0.2) is 29.6 Å². The van der Waals surface area contributed by atoms with E-state index in [-0.39, 0.29) is 0 Å². The quantitative estimate of drug-likeness (QED) is 0.231. The van der Waals surface area contributed by atoms with Gasteiger partial charge in [0, 0.05) is 12.4 Å². The van der Waals surface area contributed by atoms with Crippen LogP contribution in [0.2, 0.25) is 0 Å². The van der Waals surface area contributed by atoms with Crippen LogP contribution in [-0.4, -0.2) is 67.8 Å². The summed E-state index contributed by atoms with van der Waals surface area (Å²) in [6.45, 7) is -0.313. The fourth-order valence-corrected chi connectivity index (χ4v) is 1.39. The van der Waals surface area contributed by atoms with Crippen LogP contribution < -0.4 is 5.43 Å². The van der Waals surface area contributed by atoms with Crippen molar-refractivity contribution in [3.8, 4) is 0 Å². The zero-order valence-electron chi connectivity index (χ0n) is 10.7. The van der Waals surface area contributed by atoms with Crippen molar-refractivity contribution < 1.29 is 25.5 Å². The number of hydrazone groups is 1. The van der Waals surface area contributed by atoms with Crippen LogP contribution in [0, 0.1) is 0 Å². The lowest BCUT2D eigenvalue weighted by Gasteiger charge is -2.23. The molecule has 1 heterocycles. The summed E-state index contributed by atoms with van der Waals surface area (Å²) in [5.41, 5.74) is 3.58. The van der Waals surface area contributed by atoms with Crippen molar-refractivity contribution in [1.82, 2.24) is 10.4 Å². The van der Waals surface area contributed by atoms with E-state index in [9.17, 15) is 15.3 Å². The highest BCUT2D eigenvalue weighted by atomic mass is 16.4. The number of pyridine rings is 1. The highest BCUT2D eigenvalue weighted by Crippen LogP contribution is 2.03. The van der Waals surface area contributed by atoms with E-state index in [0.717, 1.165) is 11.8 Å². The lowest BCUT2D eigenvalue weighted by atomic mass is 10.0. The molecule has 112 valence electrons. The Morgan fingerprint density at radius 3 is 2.40 bits per heavy atom. The number of aliphatic hydroxyl groups excluding tert-OH is 5. The number of aliphatic hydroxyl groups is 5. The van der Waals surface area contributed by atoms with Gasteiger partial charge in [-0.05, 0) is 17.7 Å². The Kier molecular flexibility index (Phi) is 7.05. The minimum absolute atomic E-state index is 0.406. The first-order valence-electron chi connectivity index (χ1n) is 6.04. The molecule has 6 N–H and O–H groups in total. The molecule has 0 saturated heterocycles. The molecule has 0 saturated carbocycles. The van der Waals surface area contributed by atoms with Crippen molar-refractivity contribution in [3.05, 3.63) is 30.1 Å². The van der Waals surface area contributed by atoms with E-state index in [1.807, 2.05) is 0 Å². The van der Waals surface area contributed by atoms with E-state index in [2.05, 4.69) is 15.5 Å². The summed E-state index contributed by atoms with van der Waals surface area (Å²) in [7, 11) is 0. The molecule has 8 heteroatoms. The Bertz CT molecular complexity index is 403. The average molecular weight is 285 g/mol. The molecule has 8 nitrogen and oxygen atoms in total. The Morgan fingerprint density at radius 2 is 1.80 bits per heavy atom. The monoisotopic (exact) mass is 285 g/mol. The van der Waals surface area contributed by atoms with Crippen molar-refractivity contribution in [2.45, 2.75) is 31.0 Å². The van der Waals surface area contributed by atoms with E-state index in [4.69, 9.17) is 10.2 Å². The van der Waals surface area contributed by atoms with E-state index in [1.54, 1.807) is 24.5 Å². The summed E-state index contributed by atoms with van der Waals surface area (Å²) in [5.74, 6) is 0. The third-order valence-electron chi connectivity index (χ3n) is 2.63. The van der Waals surface area contributed by atoms with Crippen molar-refractivity contribution in [2.75, 3.05) is 6.61 Å². The van der Waals surface area contributed by atoms with Crippen molar-refractivity contribution >= 4 is 6.21 Å². The first-order chi connectivity index (χ1) is 9.56. The van der Waals surface area contributed by atoms with Crippen LogP contribution in [-0.2, 0) is 6.54 Å². The van der Waals surface area contributed by atoms with E-state index < -0.39 is 31.0 Å². The van der Waals surface area contributed by atoms with Gasteiger partial charge >= 0.3 is 0 Å². The van der Waals surface area contributed by atoms with Crippen LogP contribution in [0.1, 0.15) is 5.56 Å². The Balaban J connectivity index is 2.37. The molecule has 0 aliphatic carbocycles. The minimum atomic E-state index is -1.67. The first-order valence-corrected chi connectivity index (χ1v) is 6.04.